The van der Waals surface area contributed by atoms with E-state index in [0.29, 0.717) is 18.7 Å². The topological polar surface area (TPSA) is 118 Å². The molecule has 3 N–H and O–H groups in total. The van der Waals surface area contributed by atoms with Gasteiger partial charge in [0.15, 0.2) is 0 Å². The smallest absolute Gasteiger partial charge is 0.274 e. The number of hydrogen-bond donors (Lipinski definition) is 2. The molecule has 0 aliphatic carbocycles. The van der Waals surface area contributed by atoms with E-state index in [1.807, 2.05) is 0 Å². The van der Waals surface area contributed by atoms with Crippen molar-refractivity contribution in [1.29, 1.82) is 0 Å². The first-order valence-corrected chi connectivity index (χ1v) is 7.84. The SMILES string of the molecule is NS(=O)(=O)NCC1CCCN(C(=O)c2ccnnc2)C1. The average molecular weight is 299 g/mol. The highest BCUT2D eigenvalue weighted by Gasteiger charge is 2.25. The van der Waals surface area contributed by atoms with E-state index in [9.17, 15) is 13.2 Å². The summed E-state index contributed by atoms with van der Waals surface area (Å²) in [6.45, 7) is 1.41. The lowest BCUT2D eigenvalue weighted by Crippen LogP contribution is -2.44. The van der Waals surface area contributed by atoms with Crippen LogP contribution in [-0.4, -0.2) is 49.1 Å². The minimum absolute atomic E-state index is 0.0702. The Labute approximate surface area is 117 Å². The fraction of sp³-hybridized carbons (Fsp3) is 0.545. The molecule has 1 aliphatic rings. The molecule has 1 aromatic rings. The lowest BCUT2D eigenvalue weighted by atomic mass is 9.98. The van der Waals surface area contributed by atoms with Crippen molar-refractivity contribution in [1.82, 2.24) is 19.8 Å². The van der Waals surface area contributed by atoms with Crippen LogP contribution >= 0.6 is 0 Å². The second kappa shape index (κ2) is 6.25. The third-order valence-corrected chi connectivity index (χ3v) is 3.78. The summed E-state index contributed by atoms with van der Waals surface area (Å²) in [6.07, 6.45) is 4.59. The summed E-state index contributed by atoms with van der Waals surface area (Å²) in [7, 11) is -3.69. The van der Waals surface area contributed by atoms with Gasteiger partial charge in [-0.2, -0.15) is 18.6 Å². The molecule has 1 atom stereocenters. The first kappa shape index (κ1) is 14.8. The minimum Gasteiger partial charge on any atom is -0.338 e. The molecule has 20 heavy (non-hydrogen) atoms. The van der Waals surface area contributed by atoms with E-state index in [1.54, 1.807) is 11.0 Å². The van der Waals surface area contributed by atoms with E-state index in [2.05, 4.69) is 14.9 Å². The Bertz CT molecular complexity index is 563. The van der Waals surface area contributed by atoms with Gasteiger partial charge in [-0.1, -0.05) is 0 Å². The van der Waals surface area contributed by atoms with Crippen LogP contribution in [0, 0.1) is 5.92 Å². The number of piperidine rings is 1. The van der Waals surface area contributed by atoms with Crippen LogP contribution in [0.3, 0.4) is 0 Å². The Morgan fingerprint density at radius 2 is 2.30 bits per heavy atom. The van der Waals surface area contributed by atoms with E-state index >= 15 is 0 Å². The molecule has 110 valence electrons. The predicted molar refractivity (Wildman–Crippen MR) is 71.8 cm³/mol. The largest absolute Gasteiger partial charge is 0.338 e. The standard InChI is InChI=1S/C11H17N5O3S/c12-20(18,19)15-6-9-2-1-5-16(8-9)11(17)10-3-4-13-14-7-10/h3-4,7,9,15H,1-2,5-6,8H2,(H2,12,18,19). The van der Waals surface area contributed by atoms with Crippen LogP contribution in [-0.2, 0) is 10.2 Å². The highest BCUT2D eigenvalue weighted by atomic mass is 32.2. The molecule has 0 spiro atoms. The summed E-state index contributed by atoms with van der Waals surface area (Å²) in [5, 5.41) is 12.2. The molecule has 2 rings (SSSR count). The fourth-order valence-corrected chi connectivity index (χ4v) is 2.72. The number of nitrogens with one attached hydrogen (secondary N) is 1. The minimum atomic E-state index is -3.69. The first-order valence-electron chi connectivity index (χ1n) is 6.29. The highest BCUT2D eigenvalue weighted by Crippen LogP contribution is 2.17. The zero-order valence-electron chi connectivity index (χ0n) is 10.9. The lowest BCUT2D eigenvalue weighted by molar-refractivity contribution is 0.0675. The Morgan fingerprint density at radius 3 is 2.95 bits per heavy atom. The molecular formula is C11H17N5O3S. The fourth-order valence-electron chi connectivity index (χ4n) is 2.25. The second-order valence-electron chi connectivity index (χ2n) is 4.78. The van der Waals surface area contributed by atoms with Crippen molar-refractivity contribution < 1.29 is 13.2 Å². The van der Waals surface area contributed by atoms with Crippen LogP contribution in [0.25, 0.3) is 0 Å². The summed E-state index contributed by atoms with van der Waals surface area (Å²) in [6, 6.07) is 1.61. The molecule has 0 aromatic carbocycles. The number of carbonyl (C=O) groups excluding carboxylic acids is 1. The Hall–Kier alpha value is -1.58. The van der Waals surface area contributed by atoms with Crippen molar-refractivity contribution in [3.63, 3.8) is 0 Å². The third kappa shape index (κ3) is 4.22. The molecule has 1 aromatic heterocycles. The highest BCUT2D eigenvalue weighted by molar-refractivity contribution is 7.87. The van der Waals surface area contributed by atoms with Crippen molar-refractivity contribution in [3.05, 3.63) is 24.0 Å². The molecule has 0 saturated carbocycles. The summed E-state index contributed by atoms with van der Waals surface area (Å²) in [5.74, 6) is -0.0407. The number of amides is 1. The van der Waals surface area contributed by atoms with Gasteiger partial charge in [-0.15, -0.1) is 0 Å². The van der Waals surface area contributed by atoms with Gasteiger partial charge in [0, 0.05) is 19.6 Å². The lowest BCUT2D eigenvalue weighted by Gasteiger charge is -2.32. The van der Waals surface area contributed by atoms with Gasteiger partial charge in [-0.05, 0) is 24.8 Å². The first-order chi connectivity index (χ1) is 9.46. The van der Waals surface area contributed by atoms with Crippen LogP contribution in [0.1, 0.15) is 23.2 Å². The summed E-state index contributed by atoms with van der Waals surface area (Å²) in [5.41, 5.74) is 0.486. The van der Waals surface area contributed by atoms with Gasteiger partial charge in [-0.3, -0.25) is 4.79 Å². The van der Waals surface area contributed by atoms with Crippen molar-refractivity contribution in [3.8, 4) is 0 Å². The average Bonchev–Trinajstić information content (AvgIpc) is 2.45. The molecule has 1 saturated heterocycles. The summed E-state index contributed by atoms with van der Waals surface area (Å²) >= 11 is 0. The number of nitrogens with zero attached hydrogens (tertiary/aromatic N) is 3. The predicted octanol–water partition coefficient (Wildman–Crippen LogP) is -0.878. The zero-order chi connectivity index (χ0) is 14.6. The molecule has 1 aliphatic heterocycles. The van der Waals surface area contributed by atoms with Crippen LogP contribution in [0.5, 0.6) is 0 Å². The summed E-state index contributed by atoms with van der Waals surface area (Å²) in [4.78, 5) is 13.9. The molecular weight excluding hydrogens is 282 g/mol. The molecule has 8 nitrogen and oxygen atoms in total. The number of hydrogen-bond acceptors (Lipinski definition) is 5. The number of rotatable bonds is 4. The monoisotopic (exact) mass is 299 g/mol. The normalized spacial score (nSPS) is 19.9. The van der Waals surface area contributed by atoms with Crippen LogP contribution in [0.2, 0.25) is 0 Å². The van der Waals surface area contributed by atoms with Gasteiger partial charge < -0.3 is 4.90 Å². The molecule has 0 radical (unpaired) electrons. The molecule has 9 heteroatoms. The Balaban J connectivity index is 1.95. The molecule has 0 bridgehead atoms. The van der Waals surface area contributed by atoms with E-state index in [4.69, 9.17) is 5.14 Å². The van der Waals surface area contributed by atoms with Gasteiger partial charge in [0.1, 0.15) is 0 Å². The van der Waals surface area contributed by atoms with Gasteiger partial charge in [0.05, 0.1) is 18.0 Å². The van der Waals surface area contributed by atoms with E-state index < -0.39 is 10.2 Å². The van der Waals surface area contributed by atoms with E-state index in [0.717, 1.165) is 12.8 Å². The zero-order valence-corrected chi connectivity index (χ0v) is 11.7. The van der Waals surface area contributed by atoms with Gasteiger partial charge in [0.2, 0.25) is 0 Å². The van der Waals surface area contributed by atoms with Crippen molar-refractivity contribution >= 4 is 16.1 Å². The molecule has 1 unspecified atom stereocenters. The number of likely N-dealkylation sites (tertiary alicyclic amines) is 1. The van der Waals surface area contributed by atoms with E-state index in [1.165, 1.54) is 12.4 Å². The van der Waals surface area contributed by atoms with Crippen LogP contribution in [0.15, 0.2) is 18.5 Å². The number of aromatic nitrogens is 2. The van der Waals surface area contributed by atoms with E-state index in [-0.39, 0.29) is 18.4 Å². The number of nitrogens with two attached hydrogens (primary N) is 1. The third-order valence-electron chi connectivity index (χ3n) is 3.21. The molecule has 2 heterocycles. The van der Waals surface area contributed by atoms with Crippen LogP contribution in [0.4, 0.5) is 0 Å². The van der Waals surface area contributed by atoms with Crippen LogP contribution < -0.4 is 9.86 Å². The second-order valence-corrected chi connectivity index (χ2v) is 6.16. The quantitative estimate of drug-likeness (QED) is 0.748. The van der Waals surface area contributed by atoms with Gasteiger partial charge >= 0.3 is 0 Å². The molecule has 1 amide bonds. The maximum atomic E-state index is 12.2. The van der Waals surface area contributed by atoms with Crippen molar-refractivity contribution in [2.24, 2.45) is 11.1 Å². The van der Waals surface area contributed by atoms with Gasteiger partial charge in [-0.25, -0.2) is 9.86 Å². The Morgan fingerprint density at radius 1 is 1.50 bits per heavy atom. The Kier molecular flexibility index (Phi) is 4.63. The number of carbonyl (C=O) groups is 1. The maximum absolute atomic E-state index is 12.2. The van der Waals surface area contributed by atoms with Gasteiger partial charge in [0.25, 0.3) is 16.1 Å². The summed E-state index contributed by atoms with van der Waals surface area (Å²) < 4.78 is 24.0. The maximum Gasteiger partial charge on any atom is 0.274 e. The molecule has 1 fully saturated rings. The van der Waals surface area contributed by atoms with Crippen molar-refractivity contribution in [2.75, 3.05) is 19.6 Å². The van der Waals surface area contributed by atoms with Crippen molar-refractivity contribution in [2.45, 2.75) is 12.8 Å².